The maximum Gasteiger partial charge on any atom is 0.179 e. The van der Waals surface area contributed by atoms with Gasteiger partial charge in [-0.2, -0.15) is 0 Å². The number of hydrogen-bond donors (Lipinski definition) is 0. The van der Waals surface area contributed by atoms with Gasteiger partial charge in [0.2, 0.25) is 0 Å². The fourth-order valence-electron chi connectivity index (χ4n) is 3.63. The molecule has 1 aromatic rings. The number of benzene rings is 1. The second-order valence-electron chi connectivity index (χ2n) is 6.59. The second kappa shape index (κ2) is 8.22. The molecule has 0 aromatic heterocycles. The Morgan fingerprint density at radius 3 is 2.52 bits per heavy atom. The third kappa shape index (κ3) is 4.31. The Hall–Kier alpha value is -0.970. The van der Waals surface area contributed by atoms with E-state index in [9.17, 15) is 0 Å². The highest BCUT2D eigenvalue weighted by atomic mass is 35.5. The van der Waals surface area contributed by atoms with E-state index in [1.807, 2.05) is 12.1 Å². The molecule has 0 spiro atoms. The summed E-state index contributed by atoms with van der Waals surface area (Å²) in [6.45, 7) is 5.40. The highest BCUT2D eigenvalue weighted by Gasteiger charge is 2.33. The van der Waals surface area contributed by atoms with Gasteiger partial charge in [-0.05, 0) is 44.1 Å². The smallest absolute Gasteiger partial charge is 0.179 e. The predicted molar refractivity (Wildman–Crippen MR) is 95.7 cm³/mol. The van der Waals surface area contributed by atoms with E-state index in [1.165, 1.54) is 18.4 Å². The van der Waals surface area contributed by atoms with Crippen LogP contribution in [0.15, 0.2) is 12.1 Å². The molecule has 2 rings (SSSR count). The molecule has 1 aliphatic heterocycles. The van der Waals surface area contributed by atoms with Gasteiger partial charge < -0.3 is 14.4 Å². The Labute approximate surface area is 145 Å². The largest absolute Gasteiger partial charge is 0.493 e. The van der Waals surface area contributed by atoms with E-state index in [1.54, 1.807) is 14.2 Å². The zero-order valence-corrected chi connectivity index (χ0v) is 15.7. The Bertz CT molecular complexity index is 522. The highest BCUT2D eigenvalue weighted by molar-refractivity contribution is 6.32. The summed E-state index contributed by atoms with van der Waals surface area (Å²) in [5.74, 6) is 2.04. The summed E-state index contributed by atoms with van der Waals surface area (Å²) in [5.41, 5.74) is 1.17. The van der Waals surface area contributed by atoms with Crippen molar-refractivity contribution in [3.05, 3.63) is 22.7 Å². The summed E-state index contributed by atoms with van der Waals surface area (Å²) < 4.78 is 10.7. The van der Waals surface area contributed by atoms with Gasteiger partial charge in [-0.25, -0.2) is 0 Å². The molecule has 1 aliphatic rings. The molecule has 0 unspecified atom stereocenters. The predicted octanol–water partition coefficient (Wildman–Crippen LogP) is 3.52. The van der Waals surface area contributed by atoms with Crippen LogP contribution in [0.5, 0.6) is 11.5 Å². The molecule has 1 aromatic carbocycles. The molecule has 0 N–H and O–H groups in total. The lowest BCUT2D eigenvalue weighted by Crippen LogP contribution is -2.35. The standard InChI is InChI=1S/C18H29ClN2O2/c1-6-7-14-11-21(12-16(14)20(2)3)10-13-8-15(19)18(23-5)17(9-13)22-4/h8-9,14,16H,6-7,10-12H2,1-5H3/t14-,16-/m1/s1. The van der Waals surface area contributed by atoms with Crippen molar-refractivity contribution < 1.29 is 9.47 Å². The number of likely N-dealkylation sites (N-methyl/N-ethyl adjacent to an activating group) is 1. The molecule has 0 radical (unpaired) electrons. The van der Waals surface area contributed by atoms with Crippen LogP contribution in [0, 0.1) is 5.92 Å². The number of ether oxygens (including phenoxy) is 2. The first-order valence-corrected chi connectivity index (χ1v) is 8.67. The average Bonchev–Trinajstić information content (AvgIpc) is 2.90. The summed E-state index contributed by atoms with van der Waals surface area (Å²) >= 11 is 6.32. The van der Waals surface area contributed by atoms with Crippen LogP contribution in [0.25, 0.3) is 0 Å². The van der Waals surface area contributed by atoms with Crippen molar-refractivity contribution in [2.45, 2.75) is 32.4 Å². The van der Waals surface area contributed by atoms with Gasteiger partial charge in [0.25, 0.3) is 0 Å². The molecule has 0 aliphatic carbocycles. The maximum atomic E-state index is 6.32. The summed E-state index contributed by atoms with van der Waals surface area (Å²) in [6, 6.07) is 4.65. The average molecular weight is 341 g/mol. The minimum absolute atomic E-state index is 0.606. The Morgan fingerprint density at radius 2 is 1.96 bits per heavy atom. The van der Waals surface area contributed by atoms with E-state index < -0.39 is 0 Å². The molecule has 0 bridgehead atoms. The quantitative estimate of drug-likeness (QED) is 0.758. The number of likely N-dealkylation sites (tertiary alicyclic amines) is 1. The summed E-state index contributed by atoms with van der Waals surface area (Å²) in [4.78, 5) is 4.88. The summed E-state index contributed by atoms with van der Waals surface area (Å²) in [7, 11) is 7.63. The molecule has 130 valence electrons. The van der Waals surface area contributed by atoms with Gasteiger partial charge in [0.15, 0.2) is 11.5 Å². The second-order valence-corrected chi connectivity index (χ2v) is 6.99. The van der Waals surface area contributed by atoms with E-state index in [0.29, 0.717) is 22.6 Å². The lowest BCUT2D eigenvalue weighted by Gasteiger charge is -2.24. The van der Waals surface area contributed by atoms with Crippen molar-refractivity contribution in [3.63, 3.8) is 0 Å². The molecule has 23 heavy (non-hydrogen) atoms. The first-order chi connectivity index (χ1) is 11.0. The van der Waals surface area contributed by atoms with Gasteiger partial charge in [0.1, 0.15) is 0 Å². The van der Waals surface area contributed by atoms with Crippen molar-refractivity contribution in [2.24, 2.45) is 5.92 Å². The topological polar surface area (TPSA) is 24.9 Å². The van der Waals surface area contributed by atoms with Crippen molar-refractivity contribution in [1.82, 2.24) is 9.80 Å². The van der Waals surface area contributed by atoms with Crippen LogP contribution in [0.4, 0.5) is 0 Å². The zero-order valence-electron chi connectivity index (χ0n) is 14.9. The van der Waals surface area contributed by atoms with Gasteiger partial charge in [-0.1, -0.05) is 24.9 Å². The van der Waals surface area contributed by atoms with Crippen LogP contribution in [0.1, 0.15) is 25.3 Å². The molecule has 2 atom stereocenters. The van der Waals surface area contributed by atoms with E-state index in [4.69, 9.17) is 21.1 Å². The summed E-state index contributed by atoms with van der Waals surface area (Å²) in [6.07, 6.45) is 2.52. The molecule has 1 saturated heterocycles. The molecule has 1 fully saturated rings. The summed E-state index contributed by atoms with van der Waals surface area (Å²) in [5, 5.41) is 0.607. The Morgan fingerprint density at radius 1 is 1.22 bits per heavy atom. The maximum absolute atomic E-state index is 6.32. The van der Waals surface area contributed by atoms with Crippen molar-refractivity contribution >= 4 is 11.6 Å². The third-order valence-electron chi connectivity index (χ3n) is 4.70. The SMILES string of the molecule is CCC[C@@H]1CN(Cc2cc(Cl)c(OC)c(OC)c2)C[C@H]1N(C)C. The van der Waals surface area contributed by atoms with Crippen molar-refractivity contribution in [1.29, 1.82) is 0 Å². The van der Waals surface area contributed by atoms with E-state index in [2.05, 4.69) is 30.8 Å². The highest BCUT2D eigenvalue weighted by Crippen LogP contribution is 2.37. The molecule has 1 heterocycles. The monoisotopic (exact) mass is 340 g/mol. The fourth-order valence-corrected chi connectivity index (χ4v) is 3.94. The van der Waals surface area contributed by atoms with Gasteiger partial charge in [0.05, 0.1) is 19.2 Å². The number of halogens is 1. The molecular weight excluding hydrogens is 312 g/mol. The first kappa shape index (κ1) is 18.4. The molecule has 5 heteroatoms. The van der Waals surface area contributed by atoms with E-state index in [-0.39, 0.29) is 0 Å². The molecule has 0 saturated carbocycles. The number of methoxy groups -OCH3 is 2. The number of rotatable bonds is 7. The van der Waals surface area contributed by atoms with Crippen LogP contribution >= 0.6 is 11.6 Å². The van der Waals surface area contributed by atoms with Crippen LogP contribution in [-0.4, -0.2) is 57.2 Å². The van der Waals surface area contributed by atoms with Gasteiger partial charge in [-0.15, -0.1) is 0 Å². The Balaban J connectivity index is 2.12. The van der Waals surface area contributed by atoms with Crippen LogP contribution < -0.4 is 9.47 Å². The normalized spacial score (nSPS) is 21.9. The van der Waals surface area contributed by atoms with Crippen LogP contribution in [-0.2, 0) is 6.54 Å². The van der Waals surface area contributed by atoms with E-state index >= 15 is 0 Å². The van der Waals surface area contributed by atoms with Gasteiger partial charge in [-0.3, -0.25) is 4.90 Å². The Kier molecular flexibility index (Phi) is 6.57. The minimum atomic E-state index is 0.606. The third-order valence-corrected chi connectivity index (χ3v) is 4.99. The molecule has 4 nitrogen and oxygen atoms in total. The zero-order chi connectivity index (χ0) is 17.0. The first-order valence-electron chi connectivity index (χ1n) is 8.29. The van der Waals surface area contributed by atoms with Crippen molar-refractivity contribution in [2.75, 3.05) is 41.4 Å². The molecular formula is C18H29ClN2O2. The lowest BCUT2D eigenvalue weighted by molar-refractivity contribution is 0.238. The molecule has 0 amide bonds. The van der Waals surface area contributed by atoms with Gasteiger partial charge in [0, 0.05) is 25.7 Å². The lowest BCUT2D eigenvalue weighted by atomic mass is 9.98. The van der Waals surface area contributed by atoms with E-state index in [0.717, 1.165) is 25.6 Å². The van der Waals surface area contributed by atoms with Crippen molar-refractivity contribution in [3.8, 4) is 11.5 Å². The minimum Gasteiger partial charge on any atom is -0.493 e. The van der Waals surface area contributed by atoms with Gasteiger partial charge >= 0.3 is 0 Å². The number of nitrogens with zero attached hydrogens (tertiary/aromatic N) is 2. The van der Waals surface area contributed by atoms with Crippen LogP contribution in [0.3, 0.4) is 0 Å². The number of hydrogen-bond acceptors (Lipinski definition) is 4. The fraction of sp³-hybridized carbons (Fsp3) is 0.667. The van der Waals surface area contributed by atoms with Crippen LogP contribution in [0.2, 0.25) is 5.02 Å².